The second-order valence-corrected chi connectivity index (χ2v) is 9.17. The van der Waals surface area contributed by atoms with Gasteiger partial charge in [0.25, 0.3) is 0 Å². The first-order valence-corrected chi connectivity index (χ1v) is 12.5. The van der Waals surface area contributed by atoms with E-state index in [9.17, 15) is 9.90 Å². The van der Waals surface area contributed by atoms with Crippen LogP contribution in [-0.4, -0.2) is 37.8 Å². The minimum Gasteiger partial charge on any atom is -0.392 e. The van der Waals surface area contributed by atoms with Gasteiger partial charge in [-0.2, -0.15) is 9.97 Å². The molecular weight excluding hydrogens is 440 g/mol. The van der Waals surface area contributed by atoms with Crippen LogP contribution in [0.2, 0.25) is 5.28 Å². The third-order valence-electron chi connectivity index (χ3n) is 6.30. The molecule has 0 spiro atoms. The number of halogens is 1. The van der Waals surface area contributed by atoms with Crippen LogP contribution in [0.4, 0.5) is 5.82 Å². The lowest BCUT2D eigenvalue weighted by Gasteiger charge is -2.21. The number of aliphatic hydroxyl groups excluding tert-OH is 1. The van der Waals surface area contributed by atoms with Crippen molar-refractivity contribution in [3.8, 4) is 12.3 Å². The lowest BCUT2D eigenvalue weighted by Crippen LogP contribution is -2.31. The number of aromatic nitrogens is 3. The zero-order valence-electron chi connectivity index (χ0n) is 19.5. The van der Waals surface area contributed by atoms with Gasteiger partial charge in [-0.05, 0) is 36.9 Å². The predicted molar refractivity (Wildman–Crippen MR) is 131 cm³/mol. The summed E-state index contributed by atoms with van der Waals surface area (Å²) in [4.78, 5) is 21.1. The van der Waals surface area contributed by atoms with Crippen LogP contribution in [0.15, 0.2) is 12.3 Å². The Hall–Kier alpha value is -2.14. The number of nitrogens with zero attached hydrogens (tertiary/aromatic N) is 3. The molecule has 0 aromatic carbocycles. The molecule has 2 unspecified atom stereocenters. The molecule has 0 saturated carbocycles. The highest BCUT2D eigenvalue weighted by atomic mass is 35.5. The number of unbranched alkanes of at least 4 members (excludes halogenated alkanes) is 8. The van der Waals surface area contributed by atoms with Crippen molar-refractivity contribution in [2.45, 2.75) is 95.8 Å². The van der Waals surface area contributed by atoms with Crippen LogP contribution >= 0.6 is 11.6 Å². The van der Waals surface area contributed by atoms with Gasteiger partial charge in [-0.25, -0.2) is 0 Å². The normalized spacial score (nSPS) is 20.2. The molecule has 2 aromatic heterocycles. The first-order valence-electron chi connectivity index (χ1n) is 12.1. The fourth-order valence-corrected chi connectivity index (χ4v) is 4.49. The number of hydrogen-bond acceptors (Lipinski definition) is 5. The van der Waals surface area contributed by atoms with E-state index >= 15 is 0 Å². The second kappa shape index (κ2) is 12.4. The molecule has 1 amide bonds. The quantitative estimate of drug-likeness (QED) is 0.223. The van der Waals surface area contributed by atoms with E-state index in [1.807, 2.05) is 16.8 Å². The smallest absolute Gasteiger partial charge is 0.226 e. The molecule has 7 nitrogen and oxygen atoms in total. The summed E-state index contributed by atoms with van der Waals surface area (Å²) in [7, 11) is 0. The summed E-state index contributed by atoms with van der Waals surface area (Å²) in [6.45, 7) is 1.99. The molecule has 1 saturated heterocycles. The standard InChI is InChI=1S/C25H35ClN4O3/c1-3-5-6-7-8-9-10-11-12-13-20(32)27-22-19-15-17-30(23(19)29-24(26)28-22)21-14-16-25(4-2,18-31)33-21/h2,15,17,21,31H,3,5-14,16,18H2,1H3,(H,27,28,29,32). The van der Waals surface area contributed by atoms with E-state index in [1.165, 1.54) is 44.9 Å². The molecule has 2 aromatic rings. The van der Waals surface area contributed by atoms with Gasteiger partial charge in [-0.1, -0.05) is 64.2 Å². The first kappa shape index (κ1) is 25.5. The average molecular weight is 475 g/mol. The van der Waals surface area contributed by atoms with Crippen LogP contribution in [0.5, 0.6) is 0 Å². The Labute approximate surface area is 201 Å². The van der Waals surface area contributed by atoms with Gasteiger partial charge < -0.3 is 19.7 Å². The summed E-state index contributed by atoms with van der Waals surface area (Å²) in [5.74, 6) is 2.88. The highest BCUT2D eigenvalue weighted by Crippen LogP contribution is 2.38. The number of amides is 1. The molecule has 1 aliphatic rings. The number of hydrogen-bond donors (Lipinski definition) is 2. The molecule has 0 bridgehead atoms. The van der Waals surface area contributed by atoms with Gasteiger partial charge in [0.15, 0.2) is 5.60 Å². The minimum absolute atomic E-state index is 0.0455. The fourth-order valence-electron chi connectivity index (χ4n) is 4.32. The van der Waals surface area contributed by atoms with Gasteiger partial charge >= 0.3 is 0 Å². The number of aliphatic hydroxyl groups is 1. The van der Waals surface area contributed by atoms with Crippen LogP contribution in [0, 0.1) is 12.3 Å². The van der Waals surface area contributed by atoms with Crippen LogP contribution < -0.4 is 5.32 Å². The zero-order chi connectivity index (χ0) is 23.7. The number of fused-ring (bicyclic) bond motifs is 1. The molecular formula is C25H35ClN4O3. The fraction of sp³-hybridized carbons (Fsp3) is 0.640. The third kappa shape index (κ3) is 6.69. The summed E-state index contributed by atoms with van der Waals surface area (Å²) in [6.07, 6.45) is 19.5. The monoisotopic (exact) mass is 474 g/mol. The molecule has 0 radical (unpaired) electrons. The summed E-state index contributed by atoms with van der Waals surface area (Å²) in [5.41, 5.74) is -0.422. The largest absolute Gasteiger partial charge is 0.392 e. The Kier molecular flexibility index (Phi) is 9.54. The van der Waals surface area contributed by atoms with Crippen molar-refractivity contribution in [2.75, 3.05) is 11.9 Å². The number of carbonyl (C=O) groups excluding carboxylic acids is 1. The van der Waals surface area contributed by atoms with Crippen LogP contribution in [-0.2, 0) is 9.53 Å². The number of ether oxygens (including phenoxy) is 1. The Balaban J connectivity index is 1.54. The maximum Gasteiger partial charge on any atom is 0.226 e. The Bertz CT molecular complexity index is 970. The molecule has 8 heteroatoms. The molecule has 3 heterocycles. The van der Waals surface area contributed by atoms with Crippen molar-refractivity contribution < 1.29 is 14.6 Å². The Morgan fingerprint density at radius 1 is 1.27 bits per heavy atom. The van der Waals surface area contributed by atoms with E-state index in [0.717, 1.165) is 12.8 Å². The van der Waals surface area contributed by atoms with E-state index in [0.29, 0.717) is 36.1 Å². The minimum atomic E-state index is -0.982. The number of rotatable bonds is 13. The lowest BCUT2D eigenvalue weighted by molar-refractivity contribution is -0.116. The number of carbonyl (C=O) groups is 1. The van der Waals surface area contributed by atoms with E-state index < -0.39 is 5.60 Å². The average Bonchev–Trinajstić information content (AvgIpc) is 3.42. The zero-order valence-corrected chi connectivity index (χ0v) is 20.2. The second-order valence-electron chi connectivity index (χ2n) is 8.84. The van der Waals surface area contributed by atoms with Crippen molar-refractivity contribution in [1.29, 1.82) is 0 Å². The van der Waals surface area contributed by atoms with Gasteiger partial charge in [0.1, 0.15) is 17.7 Å². The highest BCUT2D eigenvalue weighted by molar-refractivity contribution is 6.28. The van der Waals surface area contributed by atoms with E-state index in [1.54, 1.807) is 0 Å². The van der Waals surface area contributed by atoms with Crippen molar-refractivity contribution in [3.63, 3.8) is 0 Å². The molecule has 0 aliphatic carbocycles. The van der Waals surface area contributed by atoms with Gasteiger partial charge in [0.2, 0.25) is 11.2 Å². The third-order valence-corrected chi connectivity index (χ3v) is 6.46. The van der Waals surface area contributed by atoms with Gasteiger partial charge in [0, 0.05) is 12.6 Å². The van der Waals surface area contributed by atoms with Gasteiger partial charge in [0.05, 0.1) is 12.0 Å². The molecule has 2 atom stereocenters. The molecule has 1 fully saturated rings. The Morgan fingerprint density at radius 3 is 2.61 bits per heavy atom. The number of nitrogens with one attached hydrogen (secondary N) is 1. The first-order chi connectivity index (χ1) is 16.0. The van der Waals surface area contributed by atoms with Gasteiger partial charge in [-0.3, -0.25) is 4.79 Å². The molecule has 1 aliphatic heterocycles. The molecule has 2 N–H and O–H groups in total. The molecule has 33 heavy (non-hydrogen) atoms. The van der Waals surface area contributed by atoms with Crippen LogP contribution in [0.3, 0.4) is 0 Å². The number of terminal acetylenes is 1. The summed E-state index contributed by atoms with van der Waals surface area (Å²) in [5, 5.41) is 13.2. The topological polar surface area (TPSA) is 89.3 Å². The lowest BCUT2D eigenvalue weighted by atomic mass is 10.0. The van der Waals surface area contributed by atoms with Crippen LogP contribution in [0.1, 0.15) is 90.2 Å². The molecule has 180 valence electrons. The molecule has 3 rings (SSSR count). The summed E-state index contributed by atoms with van der Waals surface area (Å²) < 4.78 is 7.79. The maximum absolute atomic E-state index is 12.5. The summed E-state index contributed by atoms with van der Waals surface area (Å²) in [6, 6.07) is 1.83. The van der Waals surface area contributed by atoms with Crippen molar-refractivity contribution >= 4 is 34.4 Å². The van der Waals surface area contributed by atoms with E-state index in [4.69, 9.17) is 22.8 Å². The van der Waals surface area contributed by atoms with Crippen molar-refractivity contribution in [3.05, 3.63) is 17.5 Å². The SMILES string of the molecule is C#CC1(CO)CCC(n2ccc3c(NC(=O)CCCCCCCCCCC)nc(Cl)nc32)O1. The summed E-state index contributed by atoms with van der Waals surface area (Å²) >= 11 is 6.16. The number of anilines is 1. The maximum atomic E-state index is 12.5. The van der Waals surface area contributed by atoms with Crippen LogP contribution in [0.25, 0.3) is 11.0 Å². The highest BCUT2D eigenvalue weighted by Gasteiger charge is 2.39. The van der Waals surface area contributed by atoms with Gasteiger partial charge in [-0.15, -0.1) is 6.42 Å². The van der Waals surface area contributed by atoms with Crippen molar-refractivity contribution in [1.82, 2.24) is 14.5 Å². The van der Waals surface area contributed by atoms with E-state index in [2.05, 4.69) is 28.1 Å². The Morgan fingerprint density at radius 2 is 1.97 bits per heavy atom. The van der Waals surface area contributed by atoms with E-state index in [-0.39, 0.29) is 24.0 Å². The van der Waals surface area contributed by atoms with Crippen molar-refractivity contribution in [2.24, 2.45) is 0 Å². The predicted octanol–water partition coefficient (Wildman–Crippen LogP) is 5.62.